The minimum Gasteiger partial charge on any atom is -0.449 e. The highest BCUT2D eigenvalue weighted by Crippen LogP contribution is 2.17. The Labute approximate surface area is 140 Å². The van der Waals surface area contributed by atoms with Gasteiger partial charge in [0.2, 0.25) is 0 Å². The molecular weight excluding hydrogens is 314 g/mol. The lowest BCUT2D eigenvalue weighted by molar-refractivity contribution is -0.123. The summed E-state index contributed by atoms with van der Waals surface area (Å²) >= 11 is 5.77. The van der Waals surface area contributed by atoms with Crippen LogP contribution in [0.3, 0.4) is 0 Å². The van der Waals surface area contributed by atoms with Gasteiger partial charge in [0.25, 0.3) is 5.91 Å². The van der Waals surface area contributed by atoms with Gasteiger partial charge in [0, 0.05) is 10.7 Å². The Bertz CT molecular complexity index is 726. The third-order valence-corrected chi connectivity index (χ3v) is 3.62. The number of aryl methyl sites for hydroxylation is 2. The molecule has 0 spiro atoms. The number of hydrogen-bond donors (Lipinski definition) is 1. The van der Waals surface area contributed by atoms with Crippen molar-refractivity contribution in [3.05, 3.63) is 64.2 Å². The van der Waals surface area contributed by atoms with Crippen molar-refractivity contribution in [2.45, 2.75) is 26.9 Å². The van der Waals surface area contributed by atoms with E-state index in [9.17, 15) is 9.59 Å². The lowest BCUT2D eigenvalue weighted by Gasteiger charge is -2.15. The third kappa shape index (κ3) is 4.57. The molecule has 0 saturated heterocycles. The minimum atomic E-state index is -0.904. The van der Waals surface area contributed by atoms with E-state index in [1.165, 1.54) is 6.92 Å². The van der Waals surface area contributed by atoms with Gasteiger partial charge in [0.1, 0.15) is 0 Å². The zero-order chi connectivity index (χ0) is 17.0. The Balaban J connectivity index is 1.99. The summed E-state index contributed by atoms with van der Waals surface area (Å²) in [5, 5.41) is 3.30. The number of rotatable bonds is 4. The summed E-state index contributed by atoms with van der Waals surface area (Å²) in [5.74, 6) is -0.941. The molecule has 0 bridgehead atoms. The SMILES string of the molecule is Cc1ccc(NC(=O)C(C)OC(=O)c2ccc(Cl)cc2)c(C)c1. The molecule has 4 nitrogen and oxygen atoms in total. The second kappa shape index (κ2) is 7.29. The van der Waals surface area contributed by atoms with Crippen molar-refractivity contribution in [3.8, 4) is 0 Å². The highest BCUT2D eigenvalue weighted by atomic mass is 35.5. The van der Waals surface area contributed by atoms with Crippen molar-refractivity contribution in [3.63, 3.8) is 0 Å². The van der Waals surface area contributed by atoms with Crippen molar-refractivity contribution in [2.24, 2.45) is 0 Å². The highest BCUT2D eigenvalue weighted by molar-refractivity contribution is 6.30. The highest BCUT2D eigenvalue weighted by Gasteiger charge is 2.19. The number of carbonyl (C=O) groups excluding carboxylic acids is 2. The molecule has 0 aliphatic carbocycles. The largest absolute Gasteiger partial charge is 0.449 e. The Morgan fingerprint density at radius 2 is 1.74 bits per heavy atom. The van der Waals surface area contributed by atoms with Gasteiger partial charge in [-0.3, -0.25) is 4.79 Å². The summed E-state index contributed by atoms with van der Waals surface area (Å²) < 4.78 is 5.18. The number of ether oxygens (including phenoxy) is 1. The van der Waals surface area contributed by atoms with E-state index in [1.54, 1.807) is 24.3 Å². The fourth-order valence-electron chi connectivity index (χ4n) is 2.06. The number of nitrogens with one attached hydrogen (secondary N) is 1. The Morgan fingerprint density at radius 1 is 1.09 bits per heavy atom. The van der Waals surface area contributed by atoms with Gasteiger partial charge in [-0.25, -0.2) is 4.79 Å². The third-order valence-electron chi connectivity index (χ3n) is 3.37. The fraction of sp³-hybridized carbons (Fsp3) is 0.222. The number of benzene rings is 2. The lowest BCUT2D eigenvalue weighted by Crippen LogP contribution is -2.30. The van der Waals surface area contributed by atoms with Crippen LogP contribution in [0.25, 0.3) is 0 Å². The second-order valence-electron chi connectivity index (χ2n) is 5.36. The van der Waals surface area contributed by atoms with Crippen LogP contribution in [0.5, 0.6) is 0 Å². The standard InChI is InChI=1S/C18H18ClNO3/c1-11-4-9-16(12(2)10-11)20-17(21)13(3)23-18(22)14-5-7-15(19)8-6-14/h4-10,13H,1-3H3,(H,20,21). The monoisotopic (exact) mass is 331 g/mol. The molecule has 0 aliphatic heterocycles. The van der Waals surface area contributed by atoms with E-state index in [0.717, 1.165) is 11.1 Å². The van der Waals surface area contributed by atoms with Crippen LogP contribution in [-0.2, 0) is 9.53 Å². The normalized spacial score (nSPS) is 11.7. The molecule has 0 radical (unpaired) electrons. The molecule has 0 fully saturated rings. The van der Waals surface area contributed by atoms with Crippen LogP contribution in [0, 0.1) is 13.8 Å². The van der Waals surface area contributed by atoms with Crippen LogP contribution < -0.4 is 5.32 Å². The number of esters is 1. The van der Waals surface area contributed by atoms with Crippen molar-refractivity contribution >= 4 is 29.2 Å². The first-order chi connectivity index (χ1) is 10.9. The summed E-state index contributed by atoms with van der Waals surface area (Å²) in [4.78, 5) is 24.2. The average molecular weight is 332 g/mol. The number of anilines is 1. The maximum absolute atomic E-state index is 12.2. The van der Waals surface area contributed by atoms with Crippen molar-refractivity contribution in [1.29, 1.82) is 0 Å². The maximum atomic E-state index is 12.2. The van der Waals surface area contributed by atoms with Gasteiger partial charge < -0.3 is 10.1 Å². The molecule has 0 saturated carbocycles. The smallest absolute Gasteiger partial charge is 0.338 e. The zero-order valence-electron chi connectivity index (χ0n) is 13.2. The van der Waals surface area contributed by atoms with Gasteiger partial charge in [-0.1, -0.05) is 29.3 Å². The molecule has 23 heavy (non-hydrogen) atoms. The molecule has 1 N–H and O–H groups in total. The van der Waals surface area contributed by atoms with E-state index in [-0.39, 0.29) is 5.91 Å². The Hall–Kier alpha value is -2.33. The molecule has 2 aromatic carbocycles. The van der Waals surface area contributed by atoms with Crippen LogP contribution in [-0.4, -0.2) is 18.0 Å². The summed E-state index contributed by atoms with van der Waals surface area (Å²) in [6.45, 7) is 5.43. The van der Waals surface area contributed by atoms with Gasteiger partial charge in [-0.15, -0.1) is 0 Å². The molecule has 0 aliphatic rings. The van der Waals surface area contributed by atoms with Gasteiger partial charge in [-0.2, -0.15) is 0 Å². The molecule has 2 aromatic rings. The molecular formula is C18H18ClNO3. The zero-order valence-corrected chi connectivity index (χ0v) is 14.0. The van der Waals surface area contributed by atoms with E-state index in [0.29, 0.717) is 16.3 Å². The second-order valence-corrected chi connectivity index (χ2v) is 5.80. The summed E-state index contributed by atoms with van der Waals surface area (Å²) in [7, 11) is 0. The first-order valence-corrected chi connectivity index (χ1v) is 7.59. The van der Waals surface area contributed by atoms with E-state index in [2.05, 4.69) is 5.32 Å². The molecule has 5 heteroatoms. The molecule has 0 heterocycles. The lowest BCUT2D eigenvalue weighted by atomic mass is 10.1. The summed E-state index contributed by atoms with van der Waals surface area (Å²) in [6.07, 6.45) is -0.904. The van der Waals surface area contributed by atoms with E-state index < -0.39 is 12.1 Å². The fourth-order valence-corrected chi connectivity index (χ4v) is 2.18. The van der Waals surface area contributed by atoms with E-state index in [4.69, 9.17) is 16.3 Å². The molecule has 1 atom stereocenters. The number of carbonyl (C=O) groups is 2. The number of amides is 1. The topological polar surface area (TPSA) is 55.4 Å². The molecule has 120 valence electrons. The molecule has 2 rings (SSSR count). The van der Waals surface area contributed by atoms with Crippen LogP contribution in [0.2, 0.25) is 5.02 Å². The predicted molar refractivity (Wildman–Crippen MR) is 90.9 cm³/mol. The first kappa shape index (κ1) is 17.0. The maximum Gasteiger partial charge on any atom is 0.338 e. The van der Waals surface area contributed by atoms with Crippen molar-refractivity contribution in [2.75, 3.05) is 5.32 Å². The van der Waals surface area contributed by atoms with Crippen LogP contribution >= 0.6 is 11.6 Å². The quantitative estimate of drug-likeness (QED) is 0.857. The Morgan fingerprint density at radius 3 is 2.35 bits per heavy atom. The van der Waals surface area contributed by atoms with Gasteiger partial charge in [0.15, 0.2) is 6.10 Å². The molecule has 1 unspecified atom stereocenters. The van der Waals surface area contributed by atoms with Crippen molar-refractivity contribution in [1.82, 2.24) is 0 Å². The predicted octanol–water partition coefficient (Wildman–Crippen LogP) is 4.14. The van der Waals surface area contributed by atoms with Crippen LogP contribution in [0.4, 0.5) is 5.69 Å². The molecule has 0 aromatic heterocycles. The summed E-state index contributed by atoms with van der Waals surface area (Å²) in [6, 6.07) is 12.0. The number of halogens is 1. The Kier molecular flexibility index (Phi) is 5.40. The van der Waals surface area contributed by atoms with Crippen LogP contribution in [0.15, 0.2) is 42.5 Å². The van der Waals surface area contributed by atoms with Crippen molar-refractivity contribution < 1.29 is 14.3 Å². The van der Waals surface area contributed by atoms with E-state index in [1.807, 2.05) is 32.0 Å². The average Bonchev–Trinajstić information content (AvgIpc) is 2.50. The minimum absolute atomic E-state index is 0.348. The molecule has 1 amide bonds. The summed E-state index contributed by atoms with van der Waals surface area (Å²) in [5.41, 5.74) is 3.12. The van der Waals surface area contributed by atoms with Gasteiger partial charge >= 0.3 is 5.97 Å². The van der Waals surface area contributed by atoms with Gasteiger partial charge in [-0.05, 0) is 56.7 Å². The number of hydrogen-bond acceptors (Lipinski definition) is 3. The van der Waals surface area contributed by atoms with E-state index >= 15 is 0 Å². The first-order valence-electron chi connectivity index (χ1n) is 7.21. The van der Waals surface area contributed by atoms with Crippen LogP contribution in [0.1, 0.15) is 28.4 Å². The van der Waals surface area contributed by atoms with Gasteiger partial charge in [0.05, 0.1) is 5.56 Å².